The fourth-order valence-corrected chi connectivity index (χ4v) is 3.09. The molecule has 3 aromatic rings. The lowest BCUT2D eigenvalue weighted by Gasteiger charge is -2.16. The SMILES string of the molecule is CCn1nccc1C(C)NC(=O)c1cccc(COc2ccc(Br)cc2)c1. The Bertz CT molecular complexity index is 906. The van der Waals surface area contributed by atoms with Gasteiger partial charge in [0.2, 0.25) is 0 Å². The highest BCUT2D eigenvalue weighted by molar-refractivity contribution is 9.10. The average Bonchev–Trinajstić information content (AvgIpc) is 3.17. The molecule has 1 aromatic heterocycles. The van der Waals surface area contributed by atoms with Gasteiger partial charge in [-0.25, -0.2) is 0 Å². The van der Waals surface area contributed by atoms with Crippen molar-refractivity contribution in [1.82, 2.24) is 15.1 Å². The highest BCUT2D eigenvalue weighted by atomic mass is 79.9. The summed E-state index contributed by atoms with van der Waals surface area (Å²) in [6.07, 6.45) is 1.75. The quantitative estimate of drug-likeness (QED) is 0.592. The largest absolute Gasteiger partial charge is 0.489 e. The predicted octanol–water partition coefficient (Wildman–Crippen LogP) is 4.74. The molecule has 1 N–H and O–H groups in total. The maximum atomic E-state index is 12.6. The monoisotopic (exact) mass is 427 g/mol. The molecule has 2 aromatic carbocycles. The van der Waals surface area contributed by atoms with Gasteiger partial charge in [-0.15, -0.1) is 0 Å². The molecule has 140 valence electrons. The summed E-state index contributed by atoms with van der Waals surface area (Å²) < 4.78 is 8.68. The van der Waals surface area contributed by atoms with Crippen LogP contribution in [0.5, 0.6) is 5.75 Å². The minimum Gasteiger partial charge on any atom is -0.489 e. The lowest BCUT2D eigenvalue weighted by molar-refractivity contribution is 0.0938. The number of ether oxygens (including phenoxy) is 1. The maximum absolute atomic E-state index is 12.6. The molecule has 0 aliphatic rings. The van der Waals surface area contributed by atoms with E-state index < -0.39 is 0 Å². The van der Waals surface area contributed by atoms with Crippen LogP contribution in [0.3, 0.4) is 0 Å². The third-order valence-corrected chi connectivity index (χ3v) is 4.78. The van der Waals surface area contributed by atoms with Crippen molar-refractivity contribution in [1.29, 1.82) is 0 Å². The minimum atomic E-state index is -0.123. The first-order chi connectivity index (χ1) is 13.1. The Morgan fingerprint density at radius 3 is 2.74 bits per heavy atom. The first-order valence-corrected chi connectivity index (χ1v) is 9.66. The highest BCUT2D eigenvalue weighted by Gasteiger charge is 2.15. The molecule has 1 heterocycles. The number of rotatable bonds is 7. The van der Waals surface area contributed by atoms with Crippen molar-refractivity contribution in [3.63, 3.8) is 0 Å². The van der Waals surface area contributed by atoms with E-state index in [4.69, 9.17) is 4.74 Å². The van der Waals surface area contributed by atoms with Crippen LogP contribution in [0.25, 0.3) is 0 Å². The fraction of sp³-hybridized carbons (Fsp3) is 0.238. The maximum Gasteiger partial charge on any atom is 0.251 e. The Labute approximate surface area is 167 Å². The zero-order valence-electron chi connectivity index (χ0n) is 15.4. The van der Waals surface area contributed by atoms with E-state index >= 15 is 0 Å². The van der Waals surface area contributed by atoms with Crippen molar-refractivity contribution < 1.29 is 9.53 Å². The molecule has 27 heavy (non-hydrogen) atoms. The fourth-order valence-electron chi connectivity index (χ4n) is 2.83. The van der Waals surface area contributed by atoms with Crippen LogP contribution in [-0.2, 0) is 13.2 Å². The van der Waals surface area contributed by atoms with Crippen molar-refractivity contribution in [2.24, 2.45) is 0 Å². The van der Waals surface area contributed by atoms with E-state index in [1.165, 1.54) is 0 Å². The average molecular weight is 428 g/mol. The number of benzene rings is 2. The Morgan fingerprint density at radius 1 is 1.22 bits per heavy atom. The molecule has 6 heteroatoms. The molecule has 0 bridgehead atoms. The number of hydrogen-bond acceptors (Lipinski definition) is 3. The summed E-state index contributed by atoms with van der Waals surface area (Å²) >= 11 is 3.40. The van der Waals surface area contributed by atoms with E-state index in [1.807, 2.05) is 73.1 Å². The summed E-state index contributed by atoms with van der Waals surface area (Å²) in [4.78, 5) is 12.6. The Morgan fingerprint density at radius 2 is 2.00 bits per heavy atom. The molecule has 1 amide bonds. The van der Waals surface area contributed by atoms with E-state index in [-0.39, 0.29) is 11.9 Å². The van der Waals surface area contributed by atoms with Crippen LogP contribution in [0, 0.1) is 0 Å². The number of aromatic nitrogens is 2. The lowest BCUT2D eigenvalue weighted by atomic mass is 10.1. The number of hydrogen-bond donors (Lipinski definition) is 1. The van der Waals surface area contributed by atoms with Gasteiger partial charge < -0.3 is 10.1 Å². The standard InChI is InChI=1S/C21H22BrN3O2/c1-3-25-20(11-12-23-25)15(2)24-21(26)17-6-4-5-16(13-17)14-27-19-9-7-18(22)8-10-19/h4-13,15H,3,14H2,1-2H3,(H,24,26). The molecule has 0 fully saturated rings. The smallest absolute Gasteiger partial charge is 0.251 e. The van der Waals surface area contributed by atoms with Crippen LogP contribution in [0.2, 0.25) is 0 Å². The van der Waals surface area contributed by atoms with Crippen LogP contribution in [0.4, 0.5) is 0 Å². The van der Waals surface area contributed by atoms with Crippen molar-refractivity contribution in [2.45, 2.75) is 33.0 Å². The Balaban J connectivity index is 1.63. The van der Waals surface area contributed by atoms with Crippen molar-refractivity contribution in [3.8, 4) is 5.75 Å². The Hall–Kier alpha value is -2.60. The molecule has 0 saturated heterocycles. The second-order valence-corrected chi connectivity index (χ2v) is 7.13. The molecule has 0 aliphatic heterocycles. The zero-order chi connectivity index (χ0) is 19.2. The second-order valence-electron chi connectivity index (χ2n) is 6.21. The van der Waals surface area contributed by atoms with Gasteiger partial charge in [-0.1, -0.05) is 28.1 Å². The molecule has 0 radical (unpaired) electrons. The molecule has 1 unspecified atom stereocenters. The van der Waals surface area contributed by atoms with Gasteiger partial charge >= 0.3 is 0 Å². The first kappa shape index (κ1) is 19.2. The van der Waals surface area contributed by atoms with Crippen LogP contribution in [0.15, 0.2) is 65.3 Å². The van der Waals surface area contributed by atoms with Gasteiger partial charge in [0.05, 0.1) is 11.7 Å². The lowest BCUT2D eigenvalue weighted by Crippen LogP contribution is -2.28. The van der Waals surface area contributed by atoms with Gasteiger partial charge in [-0.05, 0) is 61.9 Å². The number of halogens is 1. The minimum absolute atomic E-state index is 0.114. The molecule has 5 nitrogen and oxygen atoms in total. The van der Waals surface area contributed by atoms with Gasteiger partial charge in [-0.3, -0.25) is 9.48 Å². The summed E-state index contributed by atoms with van der Waals surface area (Å²) in [7, 11) is 0. The summed E-state index contributed by atoms with van der Waals surface area (Å²) in [6.45, 7) is 5.16. The molecular formula is C21H22BrN3O2. The zero-order valence-corrected chi connectivity index (χ0v) is 16.9. The summed E-state index contributed by atoms with van der Waals surface area (Å²) in [5.41, 5.74) is 2.54. The number of aryl methyl sites for hydroxylation is 1. The predicted molar refractivity (Wildman–Crippen MR) is 109 cm³/mol. The van der Waals surface area contributed by atoms with E-state index in [2.05, 4.69) is 26.3 Å². The van der Waals surface area contributed by atoms with Crippen LogP contribution in [0.1, 0.15) is 41.5 Å². The van der Waals surface area contributed by atoms with Gasteiger partial charge in [0.15, 0.2) is 0 Å². The van der Waals surface area contributed by atoms with Crippen LogP contribution >= 0.6 is 15.9 Å². The highest BCUT2D eigenvalue weighted by Crippen LogP contribution is 2.18. The topological polar surface area (TPSA) is 56.2 Å². The molecule has 1 atom stereocenters. The van der Waals surface area contributed by atoms with Crippen molar-refractivity contribution >= 4 is 21.8 Å². The summed E-state index contributed by atoms with van der Waals surface area (Å²) in [6, 6.07) is 17.0. The van der Waals surface area contributed by atoms with Gasteiger partial charge in [0.25, 0.3) is 5.91 Å². The summed E-state index contributed by atoms with van der Waals surface area (Å²) in [5, 5.41) is 7.29. The van der Waals surface area contributed by atoms with E-state index in [0.717, 1.165) is 28.0 Å². The number of nitrogens with zero attached hydrogens (tertiary/aromatic N) is 2. The van der Waals surface area contributed by atoms with E-state index in [0.29, 0.717) is 12.2 Å². The van der Waals surface area contributed by atoms with Gasteiger partial charge in [-0.2, -0.15) is 5.10 Å². The number of carbonyl (C=O) groups excluding carboxylic acids is 1. The first-order valence-electron chi connectivity index (χ1n) is 8.86. The van der Waals surface area contributed by atoms with Crippen molar-refractivity contribution in [2.75, 3.05) is 0 Å². The number of amides is 1. The van der Waals surface area contributed by atoms with E-state index in [9.17, 15) is 4.79 Å². The van der Waals surface area contributed by atoms with E-state index in [1.54, 1.807) is 6.20 Å². The number of nitrogens with one attached hydrogen (secondary N) is 1. The normalized spacial score (nSPS) is 11.8. The molecule has 0 aliphatic carbocycles. The molecular weight excluding hydrogens is 406 g/mol. The molecule has 3 rings (SSSR count). The second kappa shape index (κ2) is 8.86. The van der Waals surface area contributed by atoms with Gasteiger partial charge in [0.1, 0.15) is 12.4 Å². The van der Waals surface area contributed by atoms with Crippen LogP contribution in [-0.4, -0.2) is 15.7 Å². The molecule has 0 spiro atoms. The molecule has 0 saturated carbocycles. The third-order valence-electron chi connectivity index (χ3n) is 4.25. The van der Waals surface area contributed by atoms with Gasteiger partial charge in [0, 0.05) is 22.8 Å². The van der Waals surface area contributed by atoms with Crippen LogP contribution < -0.4 is 10.1 Å². The summed E-state index contributed by atoms with van der Waals surface area (Å²) in [5.74, 6) is 0.673. The van der Waals surface area contributed by atoms with Crippen molar-refractivity contribution in [3.05, 3.63) is 82.1 Å². The third kappa shape index (κ3) is 4.98. The number of carbonyl (C=O) groups is 1. The Kier molecular flexibility index (Phi) is 6.29.